The van der Waals surface area contributed by atoms with E-state index in [0.717, 1.165) is 18.8 Å². The van der Waals surface area contributed by atoms with Crippen LogP contribution < -0.4 is 10.3 Å². The third-order valence-electron chi connectivity index (χ3n) is 8.17. The molecule has 1 aromatic heterocycles. The first-order valence-corrected chi connectivity index (χ1v) is 14.1. The molecule has 1 fully saturated rings. The second-order valence-electron chi connectivity index (χ2n) is 11.9. The average molecular weight is 540 g/mol. The molecule has 0 radical (unpaired) electrons. The van der Waals surface area contributed by atoms with Gasteiger partial charge in [0.15, 0.2) is 6.61 Å². The number of hydrogen-bond donors (Lipinski definition) is 5. The van der Waals surface area contributed by atoms with Crippen LogP contribution in [-0.2, 0) is 18.3 Å². The van der Waals surface area contributed by atoms with Gasteiger partial charge in [-0.15, -0.1) is 0 Å². The molecule has 1 saturated carbocycles. The molecule has 0 aromatic carbocycles. The lowest BCUT2D eigenvalue weighted by Gasteiger charge is -2.25. The highest BCUT2D eigenvalue weighted by Crippen LogP contribution is 2.41. The summed E-state index contributed by atoms with van der Waals surface area (Å²) in [5.74, 6) is 0.0817. The van der Waals surface area contributed by atoms with Gasteiger partial charge in [-0.25, -0.2) is 4.79 Å². The van der Waals surface area contributed by atoms with Gasteiger partial charge in [-0.1, -0.05) is 47.5 Å². The minimum Gasteiger partial charge on any atom is -0.481 e. The monoisotopic (exact) mass is 539 g/mol. The van der Waals surface area contributed by atoms with E-state index in [0.29, 0.717) is 30.6 Å². The quantitative estimate of drug-likeness (QED) is 0.228. The molecule has 8 atom stereocenters. The van der Waals surface area contributed by atoms with E-state index in [9.17, 15) is 35.1 Å². The fraction of sp³-hybridized carbons (Fsp3) is 0.793. The zero-order valence-corrected chi connectivity index (χ0v) is 23.8. The molecular formula is C29H49NO8. The Morgan fingerprint density at radius 1 is 0.921 bits per heavy atom. The molecule has 0 amide bonds. The predicted octanol–water partition coefficient (Wildman–Crippen LogP) is 2.84. The molecule has 1 heterocycles. The SMILES string of the molecule is CC[C@@H](C)C[C@H](C)CC(C)CC(C)CCCc1c(OCC(=O)O)c(C2C(O)C(O)C(O)C2O)cn(C)c1=O. The van der Waals surface area contributed by atoms with Gasteiger partial charge in [0.2, 0.25) is 0 Å². The summed E-state index contributed by atoms with van der Waals surface area (Å²) in [6, 6.07) is 0. The first-order chi connectivity index (χ1) is 17.8. The number of nitrogens with zero attached hydrogens (tertiary/aromatic N) is 1. The van der Waals surface area contributed by atoms with Crippen LogP contribution in [0.3, 0.4) is 0 Å². The smallest absolute Gasteiger partial charge is 0.341 e. The number of aliphatic carboxylic acids is 1. The summed E-state index contributed by atoms with van der Waals surface area (Å²) in [6.45, 7) is 10.7. The number of rotatable bonds is 15. The van der Waals surface area contributed by atoms with Crippen LogP contribution in [-0.4, -0.2) is 67.1 Å². The minimum atomic E-state index is -1.58. The molecule has 9 heteroatoms. The van der Waals surface area contributed by atoms with Gasteiger partial charge in [0.25, 0.3) is 5.56 Å². The second kappa shape index (κ2) is 14.4. The van der Waals surface area contributed by atoms with E-state index in [1.54, 1.807) is 0 Å². The van der Waals surface area contributed by atoms with E-state index in [4.69, 9.17) is 4.74 Å². The number of ether oxygens (including phenoxy) is 1. The molecule has 9 nitrogen and oxygen atoms in total. The Hall–Kier alpha value is -1.94. The van der Waals surface area contributed by atoms with Crippen LogP contribution in [0.4, 0.5) is 0 Å². The molecule has 5 N–H and O–H groups in total. The van der Waals surface area contributed by atoms with Gasteiger partial charge in [0.05, 0.1) is 17.8 Å². The summed E-state index contributed by atoms with van der Waals surface area (Å²) in [6.07, 6.45) is 1.79. The molecule has 1 aliphatic carbocycles. The Bertz CT molecular complexity index is 949. The summed E-state index contributed by atoms with van der Waals surface area (Å²) < 4.78 is 6.86. The fourth-order valence-electron chi connectivity index (χ4n) is 6.14. The Balaban J connectivity index is 2.18. The Kier molecular flexibility index (Phi) is 12.3. The van der Waals surface area contributed by atoms with Crippen molar-refractivity contribution >= 4 is 5.97 Å². The molecule has 1 aromatic rings. The Morgan fingerprint density at radius 2 is 1.45 bits per heavy atom. The van der Waals surface area contributed by atoms with Gasteiger partial charge < -0.3 is 34.8 Å². The number of aliphatic hydroxyl groups excluding tert-OH is 4. The van der Waals surface area contributed by atoms with Gasteiger partial charge in [-0.3, -0.25) is 4.79 Å². The van der Waals surface area contributed by atoms with Crippen LogP contribution in [0.2, 0.25) is 0 Å². The van der Waals surface area contributed by atoms with Crippen molar-refractivity contribution in [1.82, 2.24) is 4.57 Å². The van der Waals surface area contributed by atoms with Gasteiger partial charge >= 0.3 is 5.97 Å². The standard InChI is InChI=1S/C29H49NO8/c1-7-16(2)11-18(4)13-19(5)12-17(3)9-8-10-20-28(38-15-22(31)32)21(14-30(6)29(20)37)23-24(33)26(35)27(36)25(23)34/h14,16-19,23-27,33-36H,7-13,15H2,1-6H3,(H,31,32)/t16-,17?,18+,19?,23?,24?,25?,26?,27?/m1/s1. The van der Waals surface area contributed by atoms with Crippen LogP contribution in [0.1, 0.15) is 90.2 Å². The summed E-state index contributed by atoms with van der Waals surface area (Å²) in [5, 5.41) is 50.5. The van der Waals surface area contributed by atoms with E-state index in [1.807, 2.05) is 0 Å². The largest absolute Gasteiger partial charge is 0.481 e. The maximum absolute atomic E-state index is 13.1. The van der Waals surface area contributed by atoms with Gasteiger partial charge in [-0.05, 0) is 55.8 Å². The van der Waals surface area contributed by atoms with Crippen LogP contribution in [0.25, 0.3) is 0 Å². The minimum absolute atomic E-state index is 0.000195. The molecule has 38 heavy (non-hydrogen) atoms. The van der Waals surface area contributed by atoms with Gasteiger partial charge in [-0.2, -0.15) is 0 Å². The lowest BCUT2D eigenvalue weighted by Crippen LogP contribution is -2.32. The number of carbonyl (C=O) groups is 1. The molecule has 6 unspecified atom stereocenters. The molecule has 1 aliphatic rings. The number of hydrogen-bond acceptors (Lipinski definition) is 7. The average Bonchev–Trinajstić information content (AvgIpc) is 3.02. The van der Waals surface area contributed by atoms with Crippen LogP contribution in [0, 0.1) is 23.7 Å². The molecular weight excluding hydrogens is 490 g/mol. The van der Waals surface area contributed by atoms with E-state index in [2.05, 4.69) is 34.6 Å². The van der Waals surface area contributed by atoms with Crippen molar-refractivity contribution in [3.05, 3.63) is 27.7 Å². The molecule has 2 rings (SSSR count). The zero-order valence-electron chi connectivity index (χ0n) is 23.8. The zero-order chi connectivity index (χ0) is 28.7. The Labute approximate surface area is 226 Å². The maximum atomic E-state index is 13.1. The van der Waals surface area contributed by atoms with Crippen LogP contribution >= 0.6 is 0 Å². The van der Waals surface area contributed by atoms with Crippen LogP contribution in [0.15, 0.2) is 11.0 Å². The van der Waals surface area contributed by atoms with Crippen molar-refractivity contribution in [1.29, 1.82) is 0 Å². The summed E-state index contributed by atoms with van der Waals surface area (Å²) in [5.41, 5.74) is 0.108. The van der Waals surface area contributed by atoms with Crippen molar-refractivity contribution in [2.45, 2.75) is 110 Å². The number of carboxylic acids is 1. The first-order valence-electron chi connectivity index (χ1n) is 14.1. The normalized spacial score (nSPS) is 26.6. The summed E-state index contributed by atoms with van der Waals surface area (Å²) in [7, 11) is 1.53. The van der Waals surface area contributed by atoms with Crippen LogP contribution in [0.5, 0.6) is 5.75 Å². The summed E-state index contributed by atoms with van der Waals surface area (Å²) in [4.78, 5) is 24.4. The lowest BCUT2D eigenvalue weighted by molar-refractivity contribution is -0.139. The first kappa shape index (κ1) is 32.3. The number of aromatic nitrogens is 1. The van der Waals surface area contributed by atoms with E-state index < -0.39 is 42.9 Å². The summed E-state index contributed by atoms with van der Waals surface area (Å²) >= 11 is 0. The van der Waals surface area contributed by atoms with E-state index in [1.165, 1.54) is 37.1 Å². The van der Waals surface area contributed by atoms with Gasteiger partial charge in [0.1, 0.15) is 18.0 Å². The van der Waals surface area contributed by atoms with Crippen molar-refractivity contribution in [2.75, 3.05) is 6.61 Å². The molecule has 0 spiro atoms. The number of aliphatic hydroxyl groups is 4. The maximum Gasteiger partial charge on any atom is 0.341 e. The Morgan fingerprint density at radius 3 is 1.97 bits per heavy atom. The molecule has 0 saturated heterocycles. The van der Waals surface area contributed by atoms with E-state index >= 15 is 0 Å². The van der Waals surface area contributed by atoms with Crippen molar-refractivity contribution in [2.24, 2.45) is 30.7 Å². The molecule has 218 valence electrons. The number of pyridine rings is 1. The highest BCUT2D eigenvalue weighted by Gasteiger charge is 2.50. The molecule has 0 aliphatic heterocycles. The molecule has 0 bridgehead atoms. The van der Waals surface area contributed by atoms with Crippen molar-refractivity contribution in [3.8, 4) is 5.75 Å². The highest BCUT2D eigenvalue weighted by molar-refractivity contribution is 5.68. The van der Waals surface area contributed by atoms with Crippen molar-refractivity contribution in [3.63, 3.8) is 0 Å². The third kappa shape index (κ3) is 8.28. The lowest BCUT2D eigenvalue weighted by atomic mass is 9.84. The van der Waals surface area contributed by atoms with Crippen molar-refractivity contribution < 1.29 is 35.1 Å². The van der Waals surface area contributed by atoms with E-state index in [-0.39, 0.29) is 22.4 Å². The highest BCUT2D eigenvalue weighted by atomic mass is 16.5. The predicted molar refractivity (Wildman–Crippen MR) is 145 cm³/mol. The third-order valence-corrected chi connectivity index (χ3v) is 8.17. The fourth-order valence-corrected chi connectivity index (χ4v) is 6.14. The second-order valence-corrected chi connectivity index (χ2v) is 11.9. The number of carboxylic acid groups (broad SMARTS) is 1. The topological polar surface area (TPSA) is 149 Å². The number of aryl methyl sites for hydroxylation is 1. The van der Waals surface area contributed by atoms with Gasteiger partial charge in [0, 0.05) is 24.7 Å².